The summed E-state index contributed by atoms with van der Waals surface area (Å²) in [6, 6.07) is 21.3. The Kier molecular flexibility index (Phi) is 6.82. The summed E-state index contributed by atoms with van der Waals surface area (Å²) >= 11 is 0. The van der Waals surface area contributed by atoms with Gasteiger partial charge in [0.05, 0.1) is 23.3 Å². The molecule has 3 rings (SSSR count). The molecule has 3 aromatic carbocycles. The summed E-state index contributed by atoms with van der Waals surface area (Å²) in [6.45, 7) is 2.16. The molecular weight excluding hydrogens is 404 g/mol. The minimum atomic E-state index is -3.75. The van der Waals surface area contributed by atoms with Crippen LogP contribution in [0.2, 0.25) is 0 Å². The molecule has 0 saturated heterocycles. The number of hydrazone groups is 1. The molecule has 0 atom stereocenters. The molecule has 1 N–H and O–H groups in total. The fraction of sp³-hybridized carbons (Fsp3) is 0.0909. The molecule has 30 heavy (non-hydrogen) atoms. The van der Waals surface area contributed by atoms with E-state index in [4.69, 9.17) is 9.47 Å². The summed E-state index contributed by atoms with van der Waals surface area (Å²) < 4.78 is 35.4. The molecule has 8 heteroatoms. The van der Waals surface area contributed by atoms with Gasteiger partial charge in [0.15, 0.2) is 11.5 Å². The van der Waals surface area contributed by atoms with Crippen LogP contribution in [0.1, 0.15) is 22.8 Å². The normalized spacial score (nSPS) is 11.2. The molecule has 0 heterocycles. The number of nitrogens with zero attached hydrogens (tertiary/aromatic N) is 1. The molecule has 0 amide bonds. The van der Waals surface area contributed by atoms with Crippen molar-refractivity contribution in [3.05, 3.63) is 90.0 Å². The van der Waals surface area contributed by atoms with Gasteiger partial charge in [-0.1, -0.05) is 36.4 Å². The second-order valence-electron chi connectivity index (χ2n) is 6.06. The van der Waals surface area contributed by atoms with E-state index < -0.39 is 16.0 Å². The van der Waals surface area contributed by atoms with Crippen molar-refractivity contribution in [3.63, 3.8) is 0 Å². The van der Waals surface area contributed by atoms with Gasteiger partial charge >= 0.3 is 5.97 Å². The van der Waals surface area contributed by atoms with Crippen LogP contribution < -0.4 is 14.3 Å². The molecule has 0 aromatic heterocycles. The maximum Gasteiger partial charge on any atom is 0.343 e. The zero-order valence-electron chi connectivity index (χ0n) is 16.2. The third-order valence-electron chi connectivity index (χ3n) is 3.92. The summed E-state index contributed by atoms with van der Waals surface area (Å²) in [4.78, 5) is 14.6. The van der Waals surface area contributed by atoms with E-state index in [1.807, 2.05) is 6.07 Å². The van der Waals surface area contributed by atoms with Crippen LogP contribution in [0.15, 0.2) is 88.9 Å². The Balaban J connectivity index is 1.74. The van der Waals surface area contributed by atoms with E-state index in [1.54, 1.807) is 67.6 Å². The first-order valence-electron chi connectivity index (χ1n) is 9.13. The number of benzene rings is 3. The second-order valence-corrected chi connectivity index (χ2v) is 7.72. The number of ether oxygens (including phenoxy) is 2. The van der Waals surface area contributed by atoms with Gasteiger partial charge < -0.3 is 9.47 Å². The van der Waals surface area contributed by atoms with Crippen molar-refractivity contribution in [2.75, 3.05) is 6.61 Å². The lowest BCUT2D eigenvalue weighted by Gasteiger charge is -2.11. The highest BCUT2D eigenvalue weighted by atomic mass is 32.2. The van der Waals surface area contributed by atoms with Crippen LogP contribution in [0.25, 0.3) is 0 Å². The standard InChI is InChI=1S/C22H20N2O5S/c1-2-28-21-15-17(16-23-24-30(26,27)19-11-7-4-8-12-19)13-14-20(21)29-22(25)18-9-5-3-6-10-18/h3-16,24H,2H2,1H3/b23-16+. The number of esters is 1. The maximum atomic E-state index is 12.3. The zero-order chi connectivity index (χ0) is 21.4. The topological polar surface area (TPSA) is 94.1 Å². The smallest absolute Gasteiger partial charge is 0.343 e. The first kappa shape index (κ1) is 21.1. The van der Waals surface area contributed by atoms with Crippen LogP contribution in [-0.2, 0) is 10.0 Å². The Morgan fingerprint density at radius 1 is 0.967 bits per heavy atom. The van der Waals surface area contributed by atoms with Crippen molar-refractivity contribution < 1.29 is 22.7 Å². The molecule has 0 spiro atoms. The van der Waals surface area contributed by atoms with Gasteiger partial charge in [-0.25, -0.2) is 9.63 Å². The lowest BCUT2D eigenvalue weighted by Crippen LogP contribution is -2.18. The van der Waals surface area contributed by atoms with Crippen molar-refractivity contribution in [3.8, 4) is 11.5 Å². The number of nitrogens with one attached hydrogen (secondary N) is 1. The van der Waals surface area contributed by atoms with Crippen LogP contribution in [0.4, 0.5) is 0 Å². The average Bonchev–Trinajstić information content (AvgIpc) is 2.77. The number of hydrogen-bond acceptors (Lipinski definition) is 6. The highest BCUT2D eigenvalue weighted by Gasteiger charge is 2.14. The Morgan fingerprint density at radius 2 is 1.63 bits per heavy atom. The Hall–Kier alpha value is -3.65. The van der Waals surface area contributed by atoms with Crippen molar-refractivity contribution in [2.24, 2.45) is 5.10 Å². The molecule has 3 aromatic rings. The molecule has 7 nitrogen and oxygen atoms in total. The fourth-order valence-corrected chi connectivity index (χ4v) is 3.33. The summed E-state index contributed by atoms with van der Waals surface area (Å²) in [5.74, 6) is 0.0953. The fourth-order valence-electron chi connectivity index (χ4n) is 2.51. The zero-order valence-corrected chi connectivity index (χ0v) is 17.0. The Labute approximate surface area is 175 Å². The molecule has 0 radical (unpaired) electrons. The Morgan fingerprint density at radius 3 is 2.30 bits per heavy atom. The minimum Gasteiger partial charge on any atom is -0.490 e. The summed E-state index contributed by atoms with van der Waals surface area (Å²) in [5.41, 5.74) is 0.981. The molecule has 0 aliphatic carbocycles. The van der Waals surface area contributed by atoms with Crippen molar-refractivity contribution >= 4 is 22.2 Å². The lowest BCUT2D eigenvalue weighted by atomic mass is 10.2. The SMILES string of the molecule is CCOc1cc(/C=N/NS(=O)(=O)c2ccccc2)ccc1OC(=O)c1ccccc1. The molecule has 0 saturated carbocycles. The van der Waals surface area contributed by atoms with E-state index >= 15 is 0 Å². The van der Waals surface area contributed by atoms with Crippen LogP contribution in [-0.4, -0.2) is 27.2 Å². The highest BCUT2D eigenvalue weighted by molar-refractivity contribution is 7.89. The monoisotopic (exact) mass is 424 g/mol. The van der Waals surface area contributed by atoms with Gasteiger partial charge in [0.25, 0.3) is 10.0 Å². The van der Waals surface area contributed by atoms with Crippen molar-refractivity contribution in [2.45, 2.75) is 11.8 Å². The Bertz CT molecular complexity index is 1130. The van der Waals surface area contributed by atoms with Crippen LogP contribution in [0.5, 0.6) is 11.5 Å². The summed E-state index contributed by atoms with van der Waals surface area (Å²) in [7, 11) is -3.75. The summed E-state index contributed by atoms with van der Waals surface area (Å²) in [5, 5.41) is 3.80. The van der Waals surface area contributed by atoms with E-state index in [0.717, 1.165) is 0 Å². The maximum absolute atomic E-state index is 12.3. The average molecular weight is 424 g/mol. The van der Waals surface area contributed by atoms with Crippen LogP contribution >= 0.6 is 0 Å². The third-order valence-corrected chi connectivity index (χ3v) is 5.16. The van der Waals surface area contributed by atoms with E-state index in [1.165, 1.54) is 18.3 Å². The molecule has 0 bridgehead atoms. The number of hydrogen-bond donors (Lipinski definition) is 1. The van der Waals surface area contributed by atoms with Gasteiger partial charge in [-0.3, -0.25) is 0 Å². The van der Waals surface area contributed by atoms with Gasteiger partial charge in [0.1, 0.15) is 0 Å². The predicted molar refractivity (Wildman–Crippen MR) is 113 cm³/mol. The number of carbonyl (C=O) groups excluding carboxylic acids is 1. The van der Waals surface area contributed by atoms with Crippen LogP contribution in [0, 0.1) is 0 Å². The van der Waals surface area contributed by atoms with Gasteiger partial charge in [0.2, 0.25) is 0 Å². The quantitative estimate of drug-likeness (QED) is 0.258. The highest BCUT2D eigenvalue weighted by Crippen LogP contribution is 2.29. The summed E-state index contributed by atoms with van der Waals surface area (Å²) in [6.07, 6.45) is 1.34. The van der Waals surface area contributed by atoms with E-state index in [-0.39, 0.29) is 10.6 Å². The molecule has 0 fully saturated rings. The van der Waals surface area contributed by atoms with Gasteiger partial charge in [-0.05, 0) is 55.0 Å². The first-order valence-corrected chi connectivity index (χ1v) is 10.6. The van der Waals surface area contributed by atoms with Gasteiger partial charge in [0, 0.05) is 0 Å². The second kappa shape index (κ2) is 9.71. The third kappa shape index (κ3) is 5.45. The van der Waals surface area contributed by atoms with E-state index in [0.29, 0.717) is 23.5 Å². The van der Waals surface area contributed by atoms with E-state index in [9.17, 15) is 13.2 Å². The van der Waals surface area contributed by atoms with Crippen LogP contribution in [0.3, 0.4) is 0 Å². The number of rotatable bonds is 8. The molecule has 0 aliphatic rings. The largest absolute Gasteiger partial charge is 0.490 e. The van der Waals surface area contributed by atoms with Gasteiger partial charge in [-0.15, -0.1) is 0 Å². The molecule has 0 unspecified atom stereocenters. The van der Waals surface area contributed by atoms with E-state index in [2.05, 4.69) is 9.93 Å². The predicted octanol–water partition coefficient (Wildman–Crippen LogP) is 3.62. The molecule has 154 valence electrons. The first-order chi connectivity index (χ1) is 14.5. The van der Waals surface area contributed by atoms with Crippen molar-refractivity contribution in [1.82, 2.24) is 4.83 Å². The number of sulfonamides is 1. The van der Waals surface area contributed by atoms with Crippen molar-refractivity contribution in [1.29, 1.82) is 0 Å². The minimum absolute atomic E-state index is 0.111. The lowest BCUT2D eigenvalue weighted by molar-refractivity contribution is 0.0728. The molecule has 0 aliphatic heterocycles. The number of carbonyl (C=O) groups is 1. The van der Waals surface area contributed by atoms with Gasteiger partial charge in [-0.2, -0.15) is 13.5 Å². The molecular formula is C22H20N2O5S.